The monoisotopic (exact) mass is 308 g/mol. The molecule has 118 valence electrons. The number of carboxylic acid groups (broad SMARTS) is 1. The number of carboxylic acids is 1. The second kappa shape index (κ2) is 6.84. The van der Waals surface area contributed by atoms with Crippen molar-refractivity contribution >= 4 is 16.2 Å². The summed E-state index contributed by atoms with van der Waals surface area (Å²) in [5, 5.41) is 9.17. The molecule has 0 saturated carbocycles. The van der Waals surface area contributed by atoms with Crippen molar-refractivity contribution < 1.29 is 23.1 Å². The Bertz CT molecular complexity index is 429. The summed E-state index contributed by atoms with van der Waals surface area (Å²) in [7, 11) is -3.83. The van der Waals surface area contributed by atoms with Crippen molar-refractivity contribution in [2.75, 3.05) is 13.1 Å². The summed E-state index contributed by atoms with van der Waals surface area (Å²) >= 11 is 0. The number of carbonyl (C=O) groups is 1. The third-order valence-electron chi connectivity index (χ3n) is 3.48. The normalized spacial score (nSPS) is 28.0. The first-order chi connectivity index (χ1) is 9.17. The second-order valence-electron chi connectivity index (χ2n) is 5.40. The highest BCUT2D eigenvalue weighted by Crippen LogP contribution is 2.16. The molecule has 1 saturated heterocycles. The van der Waals surface area contributed by atoms with Crippen molar-refractivity contribution in [3.63, 3.8) is 0 Å². The van der Waals surface area contributed by atoms with Gasteiger partial charge in [-0.3, -0.25) is 4.79 Å². The van der Waals surface area contributed by atoms with Crippen LogP contribution < -0.4 is 4.72 Å². The number of morpholine rings is 1. The predicted octanol–water partition coefficient (Wildman–Crippen LogP) is 0.429. The van der Waals surface area contributed by atoms with Crippen LogP contribution in [0.1, 0.15) is 34.1 Å². The van der Waals surface area contributed by atoms with E-state index in [2.05, 4.69) is 4.72 Å². The molecule has 1 aliphatic heterocycles. The minimum atomic E-state index is -3.83. The summed E-state index contributed by atoms with van der Waals surface area (Å²) in [5.74, 6) is -1.43. The molecule has 0 spiro atoms. The molecule has 0 aromatic rings. The third-order valence-corrected chi connectivity index (χ3v) is 5.01. The Labute approximate surface area is 120 Å². The maximum absolute atomic E-state index is 12.3. The molecule has 0 aromatic heterocycles. The van der Waals surface area contributed by atoms with Gasteiger partial charge in [0, 0.05) is 13.1 Å². The minimum Gasteiger partial charge on any atom is -0.480 e. The Hall–Kier alpha value is -0.700. The predicted molar refractivity (Wildman–Crippen MR) is 74.5 cm³/mol. The molecule has 0 radical (unpaired) electrons. The van der Waals surface area contributed by atoms with E-state index >= 15 is 0 Å². The Balaban J connectivity index is 2.84. The number of aliphatic carboxylic acids is 1. The SMILES string of the molecule is CCC(C)[C@H](NS(=O)(=O)N1CC(C)OC(C)C1)C(=O)O. The molecule has 1 aliphatic rings. The quantitative estimate of drug-likeness (QED) is 0.742. The number of hydrogen-bond donors (Lipinski definition) is 2. The summed E-state index contributed by atoms with van der Waals surface area (Å²) in [6.45, 7) is 7.59. The van der Waals surface area contributed by atoms with Crippen LogP contribution in [0.2, 0.25) is 0 Å². The third kappa shape index (κ3) is 4.41. The van der Waals surface area contributed by atoms with Gasteiger partial charge in [-0.05, 0) is 19.8 Å². The Morgan fingerprint density at radius 3 is 2.30 bits per heavy atom. The van der Waals surface area contributed by atoms with E-state index in [0.717, 1.165) is 0 Å². The number of rotatable bonds is 6. The van der Waals surface area contributed by atoms with Gasteiger partial charge in [-0.25, -0.2) is 0 Å². The lowest BCUT2D eigenvalue weighted by atomic mass is 10.0. The second-order valence-corrected chi connectivity index (χ2v) is 7.10. The van der Waals surface area contributed by atoms with E-state index in [1.54, 1.807) is 20.8 Å². The van der Waals surface area contributed by atoms with Crippen molar-refractivity contribution in [3.05, 3.63) is 0 Å². The fourth-order valence-corrected chi connectivity index (χ4v) is 3.82. The number of ether oxygens (including phenoxy) is 1. The van der Waals surface area contributed by atoms with Gasteiger partial charge in [0.25, 0.3) is 10.2 Å². The molecule has 1 heterocycles. The lowest BCUT2D eigenvalue weighted by molar-refractivity contribution is -0.140. The van der Waals surface area contributed by atoms with Crippen LogP contribution >= 0.6 is 0 Å². The molecule has 8 heteroatoms. The lowest BCUT2D eigenvalue weighted by Gasteiger charge is -2.35. The fourth-order valence-electron chi connectivity index (χ4n) is 2.21. The van der Waals surface area contributed by atoms with Gasteiger partial charge >= 0.3 is 5.97 Å². The maximum Gasteiger partial charge on any atom is 0.322 e. The molecular formula is C12H24N2O5S. The highest BCUT2D eigenvalue weighted by atomic mass is 32.2. The van der Waals surface area contributed by atoms with Crippen LogP contribution in [-0.4, -0.2) is 55.1 Å². The summed E-state index contributed by atoms with van der Waals surface area (Å²) in [4.78, 5) is 11.2. The molecule has 0 amide bonds. The lowest BCUT2D eigenvalue weighted by Crippen LogP contribution is -2.56. The van der Waals surface area contributed by atoms with Gasteiger partial charge in [0.1, 0.15) is 6.04 Å². The van der Waals surface area contributed by atoms with Crippen LogP contribution in [0, 0.1) is 5.92 Å². The van der Waals surface area contributed by atoms with Gasteiger partial charge in [0.05, 0.1) is 12.2 Å². The Morgan fingerprint density at radius 1 is 1.40 bits per heavy atom. The van der Waals surface area contributed by atoms with Crippen molar-refractivity contribution in [2.24, 2.45) is 5.92 Å². The molecule has 7 nitrogen and oxygen atoms in total. The molecule has 1 fully saturated rings. The van der Waals surface area contributed by atoms with Gasteiger partial charge in [-0.2, -0.15) is 17.4 Å². The standard InChI is InChI=1S/C12H24N2O5S/c1-5-8(2)11(12(15)16)13-20(17,18)14-6-9(3)19-10(4)7-14/h8-11,13H,5-7H2,1-4H3,(H,15,16)/t8?,9?,10?,11-/m0/s1. The summed E-state index contributed by atoms with van der Waals surface area (Å²) in [5.41, 5.74) is 0. The zero-order chi connectivity index (χ0) is 15.5. The Kier molecular flexibility index (Phi) is 5.93. The van der Waals surface area contributed by atoms with Crippen molar-refractivity contribution in [1.82, 2.24) is 9.03 Å². The van der Waals surface area contributed by atoms with Gasteiger partial charge in [0.2, 0.25) is 0 Å². The fraction of sp³-hybridized carbons (Fsp3) is 0.917. The van der Waals surface area contributed by atoms with E-state index in [4.69, 9.17) is 4.74 Å². The van der Waals surface area contributed by atoms with Gasteiger partial charge in [-0.1, -0.05) is 20.3 Å². The van der Waals surface area contributed by atoms with Crippen molar-refractivity contribution in [3.8, 4) is 0 Å². The smallest absolute Gasteiger partial charge is 0.322 e. The maximum atomic E-state index is 12.3. The van der Waals surface area contributed by atoms with Crippen molar-refractivity contribution in [2.45, 2.75) is 52.4 Å². The average molecular weight is 308 g/mol. The first-order valence-corrected chi connectivity index (χ1v) is 8.27. The first-order valence-electron chi connectivity index (χ1n) is 6.83. The zero-order valence-electron chi connectivity index (χ0n) is 12.4. The summed E-state index contributed by atoms with van der Waals surface area (Å²) < 4.78 is 33.6. The highest BCUT2D eigenvalue weighted by Gasteiger charge is 2.35. The number of hydrogen-bond acceptors (Lipinski definition) is 4. The summed E-state index contributed by atoms with van der Waals surface area (Å²) in [6.07, 6.45) is 0.166. The van der Waals surface area contributed by atoms with Crippen LogP contribution in [0.15, 0.2) is 0 Å². The van der Waals surface area contributed by atoms with E-state index in [9.17, 15) is 18.3 Å². The molecule has 0 aromatic carbocycles. The Morgan fingerprint density at radius 2 is 1.90 bits per heavy atom. The van der Waals surface area contributed by atoms with E-state index < -0.39 is 22.2 Å². The first kappa shape index (κ1) is 17.4. The van der Waals surface area contributed by atoms with Crippen LogP contribution in [0.4, 0.5) is 0 Å². The van der Waals surface area contributed by atoms with Gasteiger partial charge in [-0.15, -0.1) is 0 Å². The zero-order valence-corrected chi connectivity index (χ0v) is 13.2. The largest absolute Gasteiger partial charge is 0.480 e. The molecule has 20 heavy (non-hydrogen) atoms. The summed E-state index contributed by atoms with van der Waals surface area (Å²) in [6, 6.07) is -1.11. The van der Waals surface area contributed by atoms with Gasteiger partial charge in [0.15, 0.2) is 0 Å². The molecule has 3 unspecified atom stereocenters. The molecule has 1 rings (SSSR count). The molecule has 4 atom stereocenters. The topological polar surface area (TPSA) is 95.9 Å². The van der Waals surface area contributed by atoms with E-state index in [1.165, 1.54) is 4.31 Å². The highest BCUT2D eigenvalue weighted by molar-refractivity contribution is 7.87. The molecular weight excluding hydrogens is 284 g/mol. The van der Waals surface area contributed by atoms with Crippen molar-refractivity contribution in [1.29, 1.82) is 0 Å². The molecule has 2 N–H and O–H groups in total. The van der Waals surface area contributed by atoms with E-state index in [1.807, 2.05) is 6.92 Å². The average Bonchev–Trinajstić information content (AvgIpc) is 2.33. The van der Waals surface area contributed by atoms with E-state index in [-0.39, 0.29) is 31.2 Å². The van der Waals surface area contributed by atoms with Crippen LogP contribution in [-0.2, 0) is 19.7 Å². The van der Waals surface area contributed by atoms with Crippen LogP contribution in [0.3, 0.4) is 0 Å². The number of nitrogens with zero attached hydrogens (tertiary/aromatic N) is 1. The van der Waals surface area contributed by atoms with E-state index in [0.29, 0.717) is 6.42 Å². The molecule has 0 bridgehead atoms. The van der Waals surface area contributed by atoms with Crippen LogP contribution in [0.25, 0.3) is 0 Å². The number of nitrogens with one attached hydrogen (secondary N) is 1. The molecule has 0 aliphatic carbocycles. The van der Waals surface area contributed by atoms with Crippen LogP contribution in [0.5, 0.6) is 0 Å². The minimum absolute atomic E-state index is 0.206. The van der Waals surface area contributed by atoms with Gasteiger partial charge < -0.3 is 9.84 Å².